The van der Waals surface area contributed by atoms with Crippen molar-refractivity contribution in [3.05, 3.63) is 101 Å². The summed E-state index contributed by atoms with van der Waals surface area (Å²) in [6.07, 6.45) is 0. The van der Waals surface area contributed by atoms with Crippen molar-refractivity contribution >= 4 is 22.7 Å². The smallest absolute Gasteiger partial charge is 0.290 e. The zero-order valence-corrected chi connectivity index (χ0v) is 19.3. The number of furan rings is 1. The summed E-state index contributed by atoms with van der Waals surface area (Å²) in [5.74, 6) is -0.00861. The second kappa shape index (κ2) is 8.49. The number of Topliss-reactive ketones (excluding diaryl/α,β-unsaturated/α-hetero) is 1. The molecule has 4 aromatic rings. The minimum Gasteiger partial charge on any atom is -0.503 e. The van der Waals surface area contributed by atoms with Crippen molar-refractivity contribution in [2.75, 3.05) is 13.9 Å². The first-order valence-corrected chi connectivity index (χ1v) is 11.3. The highest BCUT2D eigenvalue weighted by molar-refractivity contribution is 6.16. The van der Waals surface area contributed by atoms with Gasteiger partial charge in [0.15, 0.2) is 23.0 Å². The number of nitrogens with zero attached hydrogens (tertiary/aromatic N) is 1. The number of ether oxygens (including phenoxy) is 3. The molecule has 2 aliphatic rings. The van der Waals surface area contributed by atoms with Gasteiger partial charge in [-0.1, -0.05) is 36.4 Å². The first-order chi connectivity index (χ1) is 17.5. The lowest BCUT2D eigenvalue weighted by Gasteiger charge is -2.27. The van der Waals surface area contributed by atoms with Crippen LogP contribution in [0, 0.1) is 0 Å². The van der Waals surface area contributed by atoms with Gasteiger partial charge in [0.2, 0.25) is 12.6 Å². The molecule has 0 spiro atoms. The number of carbonyl (C=O) groups is 2. The van der Waals surface area contributed by atoms with Crippen LogP contribution in [0.25, 0.3) is 11.0 Å². The number of hydrogen-bond donors (Lipinski definition) is 1. The maximum Gasteiger partial charge on any atom is 0.290 e. The summed E-state index contributed by atoms with van der Waals surface area (Å²) >= 11 is 0. The Bertz CT molecular complexity index is 1520. The van der Waals surface area contributed by atoms with Crippen molar-refractivity contribution in [2.24, 2.45) is 0 Å². The van der Waals surface area contributed by atoms with Crippen LogP contribution in [0.5, 0.6) is 17.2 Å². The highest BCUT2D eigenvalue weighted by Gasteiger charge is 2.44. The van der Waals surface area contributed by atoms with E-state index >= 15 is 0 Å². The fourth-order valence-electron chi connectivity index (χ4n) is 4.67. The quantitative estimate of drug-likeness (QED) is 0.388. The number of aliphatic hydroxyl groups excluding tert-OH is 1. The predicted octanol–water partition coefficient (Wildman–Crippen LogP) is 4.95. The van der Waals surface area contributed by atoms with E-state index in [2.05, 4.69) is 0 Å². The SMILES string of the molecule is COc1cccc(C2C(C(=O)c3cc4ccccc4o3)=C(O)C(=O)N2Cc2ccc3c(c2)OCO3)c1. The molecule has 1 atom stereocenters. The number of benzene rings is 3. The lowest BCUT2D eigenvalue weighted by Crippen LogP contribution is -2.30. The molecular weight excluding hydrogens is 462 g/mol. The number of rotatable bonds is 6. The van der Waals surface area contributed by atoms with Crippen LogP contribution < -0.4 is 14.2 Å². The summed E-state index contributed by atoms with van der Waals surface area (Å²) in [6, 6.07) is 20.4. The van der Waals surface area contributed by atoms with E-state index in [9.17, 15) is 14.7 Å². The monoisotopic (exact) mass is 483 g/mol. The van der Waals surface area contributed by atoms with Gasteiger partial charge in [-0.2, -0.15) is 0 Å². The molecule has 6 rings (SSSR count). The van der Waals surface area contributed by atoms with Crippen LogP contribution in [0.1, 0.15) is 27.7 Å². The Morgan fingerprint density at radius 2 is 1.86 bits per heavy atom. The van der Waals surface area contributed by atoms with Gasteiger partial charge in [0.25, 0.3) is 5.91 Å². The lowest BCUT2D eigenvalue weighted by atomic mass is 9.94. The molecule has 0 saturated heterocycles. The average molecular weight is 483 g/mol. The fraction of sp³-hybridized carbons (Fsp3) is 0.143. The number of aliphatic hydroxyl groups is 1. The van der Waals surface area contributed by atoms with Crippen LogP contribution in [0.4, 0.5) is 0 Å². The maximum absolute atomic E-state index is 13.7. The predicted molar refractivity (Wildman–Crippen MR) is 129 cm³/mol. The standard InChI is InChI=1S/C28H21NO7/c1-33-19-7-4-6-18(12-19)25-24(26(30)23-13-17-5-2-3-8-20(17)36-23)27(31)28(32)29(25)14-16-9-10-21-22(11-16)35-15-34-21/h2-13,25,31H,14-15H2,1H3. The van der Waals surface area contributed by atoms with E-state index < -0.39 is 23.5 Å². The molecular formula is C28H21NO7. The molecule has 8 nitrogen and oxygen atoms in total. The van der Waals surface area contributed by atoms with Gasteiger partial charge in [0, 0.05) is 11.9 Å². The van der Waals surface area contributed by atoms with E-state index in [4.69, 9.17) is 18.6 Å². The molecule has 36 heavy (non-hydrogen) atoms. The molecule has 1 aromatic heterocycles. The third kappa shape index (κ3) is 3.54. The molecule has 0 aliphatic carbocycles. The number of methoxy groups -OCH3 is 1. The molecule has 1 unspecified atom stereocenters. The summed E-state index contributed by atoms with van der Waals surface area (Å²) in [5.41, 5.74) is 1.87. The zero-order chi connectivity index (χ0) is 24.8. The van der Waals surface area contributed by atoms with Crippen LogP contribution >= 0.6 is 0 Å². The van der Waals surface area contributed by atoms with Gasteiger partial charge in [-0.15, -0.1) is 0 Å². The normalized spacial score (nSPS) is 16.8. The third-order valence-electron chi connectivity index (χ3n) is 6.40. The minimum absolute atomic E-state index is 0.0448. The molecule has 0 fully saturated rings. The van der Waals surface area contributed by atoms with Gasteiger partial charge in [0.1, 0.15) is 11.3 Å². The molecule has 0 saturated carbocycles. The molecule has 1 amide bonds. The van der Waals surface area contributed by atoms with Crippen LogP contribution in [0.15, 0.2) is 88.5 Å². The van der Waals surface area contributed by atoms with E-state index in [0.717, 1.165) is 10.9 Å². The molecule has 180 valence electrons. The van der Waals surface area contributed by atoms with E-state index in [0.29, 0.717) is 28.4 Å². The summed E-state index contributed by atoms with van der Waals surface area (Å²) in [7, 11) is 1.54. The van der Waals surface area contributed by atoms with Gasteiger partial charge >= 0.3 is 0 Å². The minimum atomic E-state index is -0.862. The van der Waals surface area contributed by atoms with E-state index in [1.165, 1.54) is 12.0 Å². The topological polar surface area (TPSA) is 98.4 Å². The molecule has 1 N–H and O–H groups in total. The number of para-hydroxylation sites is 1. The molecule has 2 aliphatic heterocycles. The van der Waals surface area contributed by atoms with Gasteiger partial charge in [-0.25, -0.2) is 0 Å². The van der Waals surface area contributed by atoms with Crippen molar-refractivity contribution in [2.45, 2.75) is 12.6 Å². The van der Waals surface area contributed by atoms with Crippen LogP contribution in [-0.2, 0) is 11.3 Å². The number of carbonyl (C=O) groups excluding carboxylic acids is 2. The summed E-state index contributed by atoms with van der Waals surface area (Å²) in [6.45, 7) is 0.255. The Kier molecular flexibility index (Phi) is 5.14. The third-order valence-corrected chi connectivity index (χ3v) is 6.40. The summed E-state index contributed by atoms with van der Waals surface area (Å²) < 4.78 is 22.0. The van der Waals surface area contributed by atoms with Crippen LogP contribution in [0.2, 0.25) is 0 Å². The Morgan fingerprint density at radius 3 is 2.69 bits per heavy atom. The van der Waals surface area contributed by atoms with Crippen LogP contribution in [-0.4, -0.2) is 35.6 Å². The first kappa shape index (κ1) is 21.8. The Balaban J connectivity index is 1.43. The van der Waals surface area contributed by atoms with Crippen molar-refractivity contribution in [3.8, 4) is 17.2 Å². The maximum atomic E-state index is 13.7. The zero-order valence-electron chi connectivity index (χ0n) is 19.3. The van der Waals surface area contributed by atoms with E-state index in [1.807, 2.05) is 24.3 Å². The van der Waals surface area contributed by atoms with Crippen molar-refractivity contribution in [3.63, 3.8) is 0 Å². The molecule has 3 heterocycles. The molecule has 0 radical (unpaired) electrons. The Morgan fingerprint density at radius 1 is 1.03 bits per heavy atom. The summed E-state index contributed by atoms with van der Waals surface area (Å²) in [5, 5.41) is 11.7. The van der Waals surface area contributed by atoms with E-state index in [1.54, 1.807) is 48.5 Å². The van der Waals surface area contributed by atoms with Crippen molar-refractivity contribution in [1.29, 1.82) is 0 Å². The first-order valence-electron chi connectivity index (χ1n) is 11.3. The lowest BCUT2D eigenvalue weighted by molar-refractivity contribution is -0.130. The summed E-state index contributed by atoms with van der Waals surface area (Å²) in [4.78, 5) is 28.5. The second-order valence-electron chi connectivity index (χ2n) is 8.54. The number of amides is 1. The van der Waals surface area contributed by atoms with Crippen molar-refractivity contribution in [1.82, 2.24) is 4.90 Å². The number of hydrogen-bond acceptors (Lipinski definition) is 7. The van der Waals surface area contributed by atoms with Gasteiger partial charge in [-0.05, 0) is 47.5 Å². The van der Waals surface area contributed by atoms with Gasteiger partial charge in [0.05, 0.1) is 18.7 Å². The van der Waals surface area contributed by atoms with Gasteiger partial charge in [-0.3, -0.25) is 9.59 Å². The number of fused-ring (bicyclic) bond motifs is 2. The van der Waals surface area contributed by atoms with Gasteiger partial charge < -0.3 is 28.6 Å². The van der Waals surface area contributed by atoms with E-state index in [-0.39, 0.29) is 24.7 Å². The Hall–Kier alpha value is -4.72. The Labute approximate surface area is 205 Å². The largest absolute Gasteiger partial charge is 0.503 e. The van der Waals surface area contributed by atoms with Crippen molar-refractivity contribution < 1.29 is 33.3 Å². The fourth-order valence-corrected chi connectivity index (χ4v) is 4.67. The highest BCUT2D eigenvalue weighted by atomic mass is 16.7. The van der Waals surface area contributed by atoms with Crippen LogP contribution in [0.3, 0.4) is 0 Å². The molecule has 8 heteroatoms. The molecule has 0 bridgehead atoms. The number of ketones is 1. The highest BCUT2D eigenvalue weighted by Crippen LogP contribution is 2.42. The average Bonchev–Trinajstić information content (AvgIpc) is 3.61. The molecule has 3 aromatic carbocycles. The second-order valence-corrected chi connectivity index (χ2v) is 8.54.